The fourth-order valence-corrected chi connectivity index (χ4v) is 1.12. The number of hydrogen-bond acceptors (Lipinski definition) is 2. The van der Waals surface area contributed by atoms with Crippen molar-refractivity contribution < 1.29 is 9.53 Å². The minimum atomic E-state index is 0.186. The lowest BCUT2D eigenvalue weighted by molar-refractivity contribution is -0.132. The first-order chi connectivity index (χ1) is 6.11. The van der Waals surface area contributed by atoms with Crippen LogP contribution in [-0.4, -0.2) is 36.6 Å². The van der Waals surface area contributed by atoms with Crippen molar-refractivity contribution in [1.82, 2.24) is 4.90 Å². The van der Waals surface area contributed by atoms with E-state index < -0.39 is 0 Å². The van der Waals surface area contributed by atoms with E-state index in [0.717, 1.165) is 13.1 Å². The third-order valence-corrected chi connectivity index (χ3v) is 1.88. The van der Waals surface area contributed by atoms with Crippen molar-refractivity contribution in [1.29, 1.82) is 0 Å². The molecular weight excluding hydrogens is 166 g/mol. The fourth-order valence-electron chi connectivity index (χ4n) is 1.12. The van der Waals surface area contributed by atoms with Crippen LogP contribution >= 0.6 is 0 Å². The molecule has 0 atom stereocenters. The van der Waals surface area contributed by atoms with Gasteiger partial charge < -0.3 is 9.64 Å². The molecule has 13 heavy (non-hydrogen) atoms. The van der Waals surface area contributed by atoms with Gasteiger partial charge in [0.1, 0.15) is 0 Å². The molecule has 0 N–H and O–H groups in total. The molecule has 0 bridgehead atoms. The van der Waals surface area contributed by atoms with Crippen LogP contribution in [0.5, 0.6) is 0 Å². The fraction of sp³-hybridized carbons (Fsp3) is 0.900. The van der Waals surface area contributed by atoms with Crippen LogP contribution in [0.1, 0.15) is 34.1 Å². The topological polar surface area (TPSA) is 29.5 Å². The Morgan fingerprint density at radius 1 is 1.31 bits per heavy atom. The summed E-state index contributed by atoms with van der Waals surface area (Å²) in [5.41, 5.74) is 0. The van der Waals surface area contributed by atoms with E-state index >= 15 is 0 Å². The Bertz CT molecular complexity index is 142. The molecule has 78 valence electrons. The molecule has 0 heterocycles. The Hall–Kier alpha value is -0.570. The first kappa shape index (κ1) is 12.4. The van der Waals surface area contributed by atoms with Crippen molar-refractivity contribution in [3.8, 4) is 0 Å². The lowest BCUT2D eigenvalue weighted by Gasteiger charge is -2.18. The Morgan fingerprint density at radius 3 is 2.23 bits per heavy atom. The Morgan fingerprint density at radius 2 is 1.85 bits per heavy atom. The Kier molecular flexibility index (Phi) is 6.59. The van der Waals surface area contributed by atoms with Crippen molar-refractivity contribution >= 4 is 5.91 Å². The van der Waals surface area contributed by atoms with E-state index in [2.05, 4.69) is 0 Å². The Labute approximate surface area is 81.1 Å². The van der Waals surface area contributed by atoms with Crippen LogP contribution < -0.4 is 0 Å². The van der Waals surface area contributed by atoms with Gasteiger partial charge in [0.25, 0.3) is 0 Å². The second-order valence-electron chi connectivity index (χ2n) is 3.24. The van der Waals surface area contributed by atoms with Crippen LogP contribution in [0.4, 0.5) is 0 Å². The number of carbonyl (C=O) groups is 1. The number of carbonyl (C=O) groups excluding carboxylic acids is 1. The molecule has 0 aromatic heterocycles. The highest BCUT2D eigenvalue weighted by molar-refractivity contribution is 5.76. The van der Waals surface area contributed by atoms with Gasteiger partial charge in [0.2, 0.25) is 5.91 Å². The van der Waals surface area contributed by atoms with Gasteiger partial charge in [-0.25, -0.2) is 0 Å². The van der Waals surface area contributed by atoms with E-state index in [1.54, 1.807) is 0 Å². The summed E-state index contributed by atoms with van der Waals surface area (Å²) in [4.78, 5) is 13.3. The maximum absolute atomic E-state index is 11.4. The molecule has 0 radical (unpaired) electrons. The third kappa shape index (κ3) is 5.64. The minimum Gasteiger partial charge on any atom is -0.378 e. The van der Waals surface area contributed by atoms with E-state index in [9.17, 15) is 4.79 Å². The van der Waals surface area contributed by atoms with Crippen molar-refractivity contribution in [3.05, 3.63) is 0 Å². The van der Waals surface area contributed by atoms with Gasteiger partial charge in [-0.1, -0.05) is 0 Å². The molecule has 0 aliphatic carbocycles. The second-order valence-corrected chi connectivity index (χ2v) is 3.24. The van der Waals surface area contributed by atoms with Gasteiger partial charge in [-0.05, 0) is 27.7 Å². The molecule has 0 aliphatic rings. The summed E-state index contributed by atoms with van der Waals surface area (Å²) in [6.07, 6.45) is 0.712. The average Bonchev–Trinajstić information content (AvgIpc) is 2.05. The van der Waals surface area contributed by atoms with Crippen molar-refractivity contribution in [2.24, 2.45) is 0 Å². The van der Waals surface area contributed by atoms with Gasteiger partial charge in [-0.15, -0.1) is 0 Å². The van der Waals surface area contributed by atoms with Gasteiger partial charge in [-0.2, -0.15) is 0 Å². The zero-order valence-electron chi connectivity index (χ0n) is 9.17. The maximum Gasteiger partial charge on any atom is 0.224 e. The summed E-state index contributed by atoms with van der Waals surface area (Å²) >= 11 is 0. The lowest BCUT2D eigenvalue weighted by Crippen LogP contribution is -2.31. The maximum atomic E-state index is 11.4. The highest BCUT2D eigenvalue weighted by Crippen LogP contribution is 1.96. The van der Waals surface area contributed by atoms with Crippen LogP contribution in [0.25, 0.3) is 0 Å². The normalized spacial score (nSPS) is 10.5. The van der Waals surface area contributed by atoms with Crippen molar-refractivity contribution in [2.45, 2.75) is 40.2 Å². The Balaban J connectivity index is 3.60. The van der Waals surface area contributed by atoms with E-state index in [1.165, 1.54) is 0 Å². The number of hydrogen-bond donors (Lipinski definition) is 0. The molecule has 1 amide bonds. The summed E-state index contributed by atoms with van der Waals surface area (Å²) < 4.78 is 5.30. The molecule has 0 spiro atoms. The van der Waals surface area contributed by atoms with Gasteiger partial charge >= 0.3 is 0 Å². The van der Waals surface area contributed by atoms with E-state index in [1.807, 2.05) is 32.6 Å². The van der Waals surface area contributed by atoms with Gasteiger partial charge in [0.05, 0.1) is 19.1 Å². The first-order valence-electron chi connectivity index (χ1n) is 5.01. The van der Waals surface area contributed by atoms with Crippen LogP contribution in [0.3, 0.4) is 0 Å². The predicted molar refractivity (Wildman–Crippen MR) is 53.6 cm³/mol. The molecule has 0 aromatic carbocycles. The number of amides is 1. The monoisotopic (exact) mass is 187 g/mol. The zero-order chi connectivity index (χ0) is 10.3. The summed E-state index contributed by atoms with van der Waals surface area (Å²) in [6.45, 7) is 10.0. The average molecular weight is 187 g/mol. The highest BCUT2D eigenvalue weighted by atomic mass is 16.5. The SMILES string of the molecule is CCN(CC)C(=O)CCOC(C)C. The van der Waals surface area contributed by atoms with E-state index in [4.69, 9.17) is 4.74 Å². The zero-order valence-corrected chi connectivity index (χ0v) is 9.17. The summed E-state index contributed by atoms with van der Waals surface area (Å²) in [6, 6.07) is 0. The third-order valence-electron chi connectivity index (χ3n) is 1.88. The van der Waals surface area contributed by atoms with Gasteiger partial charge in [-0.3, -0.25) is 4.79 Å². The van der Waals surface area contributed by atoms with E-state index in [0.29, 0.717) is 13.0 Å². The summed E-state index contributed by atoms with van der Waals surface area (Å²) in [7, 11) is 0. The number of nitrogens with zero attached hydrogens (tertiary/aromatic N) is 1. The van der Waals surface area contributed by atoms with E-state index in [-0.39, 0.29) is 12.0 Å². The minimum absolute atomic E-state index is 0.186. The molecule has 0 saturated carbocycles. The molecule has 0 rings (SSSR count). The summed E-state index contributed by atoms with van der Waals surface area (Å²) in [5.74, 6) is 0.186. The molecule has 0 saturated heterocycles. The van der Waals surface area contributed by atoms with Crippen LogP contribution in [0, 0.1) is 0 Å². The highest BCUT2D eigenvalue weighted by Gasteiger charge is 2.08. The molecular formula is C10H21NO2. The van der Waals surface area contributed by atoms with Crippen molar-refractivity contribution in [2.75, 3.05) is 19.7 Å². The largest absolute Gasteiger partial charge is 0.378 e. The van der Waals surface area contributed by atoms with Gasteiger partial charge in [0, 0.05) is 13.1 Å². The predicted octanol–water partition coefficient (Wildman–Crippen LogP) is 1.67. The molecule has 3 heteroatoms. The van der Waals surface area contributed by atoms with Crippen molar-refractivity contribution in [3.63, 3.8) is 0 Å². The molecule has 0 fully saturated rings. The van der Waals surface area contributed by atoms with Crippen LogP contribution in [0.15, 0.2) is 0 Å². The smallest absolute Gasteiger partial charge is 0.224 e. The number of ether oxygens (including phenoxy) is 1. The standard InChI is InChI=1S/C10H21NO2/c1-5-11(6-2)10(12)7-8-13-9(3)4/h9H,5-8H2,1-4H3. The molecule has 0 aliphatic heterocycles. The second kappa shape index (κ2) is 6.89. The lowest BCUT2D eigenvalue weighted by atomic mass is 10.3. The number of rotatable bonds is 6. The summed E-state index contributed by atoms with van der Waals surface area (Å²) in [5, 5.41) is 0. The molecule has 0 unspecified atom stereocenters. The first-order valence-corrected chi connectivity index (χ1v) is 5.01. The van der Waals surface area contributed by atoms with Crippen LogP contribution in [0.2, 0.25) is 0 Å². The molecule has 3 nitrogen and oxygen atoms in total. The molecule has 0 aromatic rings. The quantitative estimate of drug-likeness (QED) is 0.633. The van der Waals surface area contributed by atoms with Gasteiger partial charge in [0.15, 0.2) is 0 Å². The van der Waals surface area contributed by atoms with Crippen LogP contribution in [-0.2, 0) is 9.53 Å².